The Balaban J connectivity index is 1.88. The molecule has 1 aromatic carbocycles. The Kier molecular flexibility index (Phi) is 5.57. The maximum Gasteiger partial charge on any atom is 0.320 e. The highest BCUT2D eigenvalue weighted by molar-refractivity contribution is 8.00. The van der Waals surface area contributed by atoms with Crippen LogP contribution in [0.15, 0.2) is 50.9 Å². The molecule has 0 aliphatic heterocycles. The molecule has 106 valence electrons. The topological polar surface area (TPSA) is 74.6 Å². The van der Waals surface area contributed by atoms with Crippen molar-refractivity contribution in [2.24, 2.45) is 4.99 Å². The molecule has 0 unspecified atom stereocenters. The summed E-state index contributed by atoms with van der Waals surface area (Å²) in [5.74, 6) is 0.219. The van der Waals surface area contributed by atoms with Crippen LogP contribution < -0.4 is 9.79 Å². The Morgan fingerprint density at radius 1 is 1.45 bits per heavy atom. The van der Waals surface area contributed by atoms with E-state index >= 15 is 0 Å². The average molecular weight is 293 g/mol. The van der Waals surface area contributed by atoms with Gasteiger partial charge in [-0.1, -0.05) is 18.2 Å². The minimum atomic E-state index is -0.256. The molecule has 2 rings (SSSR count). The van der Waals surface area contributed by atoms with Crippen molar-refractivity contribution >= 4 is 23.5 Å². The highest BCUT2D eigenvalue weighted by atomic mass is 32.2. The zero-order valence-electron chi connectivity index (χ0n) is 11.1. The molecule has 0 saturated carbocycles. The second kappa shape index (κ2) is 7.66. The number of rotatable bonds is 7. The second-order valence-electron chi connectivity index (χ2n) is 3.90. The fourth-order valence-electron chi connectivity index (χ4n) is 1.43. The molecule has 0 N–H and O–H groups in total. The fourth-order valence-corrected chi connectivity index (χ4v) is 2.13. The first kappa shape index (κ1) is 14.5. The van der Waals surface area contributed by atoms with Crippen LogP contribution in [0.5, 0.6) is 0 Å². The summed E-state index contributed by atoms with van der Waals surface area (Å²) in [4.78, 5) is 4.88. The van der Waals surface area contributed by atoms with Crippen LogP contribution >= 0.6 is 11.8 Å². The molecule has 0 atom stereocenters. The van der Waals surface area contributed by atoms with Crippen molar-refractivity contribution < 1.29 is 19.0 Å². The molecule has 2 aromatic rings. The second-order valence-corrected chi connectivity index (χ2v) is 4.95. The summed E-state index contributed by atoms with van der Waals surface area (Å²) >= 11 is 1.44. The number of benzene rings is 1. The number of nitrogens with zero attached hydrogens (tertiary/aromatic N) is 3. The Hall–Kier alpha value is -1.86. The van der Waals surface area contributed by atoms with E-state index in [2.05, 4.69) is 10.3 Å². The molecule has 0 saturated heterocycles. The Labute approximate surface area is 121 Å². The molecule has 6 nitrogen and oxygen atoms in total. The van der Waals surface area contributed by atoms with Gasteiger partial charge in [0.2, 0.25) is 11.8 Å². The molecule has 20 heavy (non-hydrogen) atoms. The minimum Gasteiger partial charge on any atom is -0.861 e. The standard InChI is InChI=1S/C13H15N3O3S/c1-18-8-7-16-9-13(19-15-16)14-12(17)10-20-11-5-3-2-4-6-11/h2-6,9H,7-8,10H2,1H3. The van der Waals surface area contributed by atoms with Crippen molar-refractivity contribution in [3.8, 4) is 0 Å². The van der Waals surface area contributed by atoms with Gasteiger partial charge < -0.3 is 9.84 Å². The third-order valence-electron chi connectivity index (χ3n) is 2.36. The van der Waals surface area contributed by atoms with Gasteiger partial charge in [0.25, 0.3) is 6.20 Å². The van der Waals surface area contributed by atoms with Gasteiger partial charge in [-0.15, -0.1) is 11.8 Å². The Morgan fingerprint density at radius 2 is 2.25 bits per heavy atom. The molecule has 1 heterocycles. The van der Waals surface area contributed by atoms with Gasteiger partial charge >= 0.3 is 5.88 Å². The zero-order valence-corrected chi connectivity index (χ0v) is 11.9. The average Bonchev–Trinajstić information content (AvgIpc) is 2.91. The van der Waals surface area contributed by atoms with Crippen molar-refractivity contribution in [3.05, 3.63) is 36.5 Å². The summed E-state index contributed by atoms with van der Waals surface area (Å²) in [5.41, 5.74) is 0. The van der Waals surface area contributed by atoms with Gasteiger partial charge in [-0.25, -0.2) is 4.99 Å². The van der Waals surface area contributed by atoms with E-state index in [0.717, 1.165) is 4.90 Å². The molecule has 7 heteroatoms. The molecule has 1 aromatic heterocycles. The predicted molar refractivity (Wildman–Crippen MR) is 72.8 cm³/mol. The molecule has 0 aliphatic rings. The minimum absolute atomic E-state index is 0.208. The smallest absolute Gasteiger partial charge is 0.320 e. The van der Waals surface area contributed by atoms with Gasteiger partial charge in [-0.2, -0.15) is 0 Å². The first-order valence-corrected chi connectivity index (χ1v) is 7.04. The first-order chi connectivity index (χ1) is 9.78. The van der Waals surface area contributed by atoms with Gasteiger partial charge in [0.05, 0.1) is 0 Å². The number of hydrogen-bond donors (Lipinski definition) is 0. The van der Waals surface area contributed by atoms with E-state index in [1.165, 1.54) is 11.8 Å². The third kappa shape index (κ3) is 4.67. The molecular weight excluding hydrogens is 278 g/mol. The van der Waals surface area contributed by atoms with E-state index in [4.69, 9.17) is 9.26 Å². The molecule has 0 aliphatic carbocycles. The summed E-state index contributed by atoms with van der Waals surface area (Å²) < 4.78 is 11.4. The van der Waals surface area contributed by atoms with Gasteiger partial charge in [0.15, 0.2) is 0 Å². The van der Waals surface area contributed by atoms with Crippen LogP contribution in [0.4, 0.5) is 5.88 Å². The van der Waals surface area contributed by atoms with Crippen LogP contribution in [0, 0.1) is 0 Å². The Morgan fingerprint density at radius 3 is 3.00 bits per heavy atom. The fraction of sp³-hybridized carbons (Fsp3) is 0.308. The van der Waals surface area contributed by atoms with Crippen molar-refractivity contribution in [2.45, 2.75) is 11.4 Å². The maximum absolute atomic E-state index is 11.7. The summed E-state index contributed by atoms with van der Waals surface area (Å²) in [7, 11) is 1.61. The van der Waals surface area contributed by atoms with Gasteiger partial charge in [-0.3, -0.25) is 4.52 Å². The SMILES string of the molecule is COCC[n+]1cc(/N=C(/[O-])CSc2ccccc2)on1. The summed E-state index contributed by atoms with van der Waals surface area (Å²) in [6.45, 7) is 1.08. The highest BCUT2D eigenvalue weighted by Crippen LogP contribution is 2.17. The van der Waals surface area contributed by atoms with Crippen LogP contribution in [0.3, 0.4) is 0 Å². The Bertz CT molecular complexity index is 557. The van der Waals surface area contributed by atoms with Crippen LogP contribution in [0.2, 0.25) is 0 Å². The largest absolute Gasteiger partial charge is 0.861 e. The molecule has 0 radical (unpaired) electrons. The van der Waals surface area contributed by atoms with Crippen LogP contribution in [0.25, 0.3) is 0 Å². The van der Waals surface area contributed by atoms with Gasteiger partial charge in [0.1, 0.15) is 6.61 Å². The van der Waals surface area contributed by atoms with Crippen LogP contribution in [0.1, 0.15) is 0 Å². The van der Waals surface area contributed by atoms with Crippen molar-refractivity contribution in [3.63, 3.8) is 0 Å². The lowest BCUT2D eigenvalue weighted by Gasteiger charge is -2.07. The summed E-state index contributed by atoms with van der Waals surface area (Å²) in [6.07, 6.45) is 1.57. The number of aliphatic imine (C=N–C) groups is 1. The van der Waals surface area contributed by atoms with Gasteiger partial charge in [0, 0.05) is 17.8 Å². The normalized spacial score (nSPS) is 11.8. The lowest BCUT2D eigenvalue weighted by Crippen LogP contribution is -2.36. The summed E-state index contributed by atoms with van der Waals surface area (Å²) in [5, 5.41) is 15.4. The quantitative estimate of drug-likeness (QED) is 0.326. The number of hydrogen-bond acceptors (Lipinski definition) is 6. The predicted octanol–water partition coefficient (Wildman–Crippen LogP) is 0.791. The highest BCUT2D eigenvalue weighted by Gasteiger charge is 2.09. The van der Waals surface area contributed by atoms with E-state index < -0.39 is 0 Å². The molecule has 0 fully saturated rings. The van der Waals surface area contributed by atoms with Crippen LogP contribution in [-0.4, -0.2) is 30.6 Å². The van der Waals surface area contributed by atoms with E-state index in [0.29, 0.717) is 13.2 Å². The van der Waals surface area contributed by atoms with E-state index in [1.807, 2.05) is 30.3 Å². The van der Waals surface area contributed by atoms with Crippen molar-refractivity contribution in [1.82, 2.24) is 5.27 Å². The third-order valence-corrected chi connectivity index (χ3v) is 3.36. The number of aromatic nitrogens is 2. The van der Waals surface area contributed by atoms with Crippen molar-refractivity contribution in [1.29, 1.82) is 0 Å². The molecule has 0 bridgehead atoms. The number of ether oxygens (including phenoxy) is 1. The maximum atomic E-state index is 11.7. The lowest BCUT2D eigenvalue weighted by atomic mass is 10.4. The first-order valence-electron chi connectivity index (χ1n) is 6.06. The van der Waals surface area contributed by atoms with E-state index in [-0.39, 0.29) is 17.5 Å². The lowest BCUT2D eigenvalue weighted by molar-refractivity contribution is -0.763. The molecular formula is C13H15N3O3S. The monoisotopic (exact) mass is 293 g/mol. The van der Waals surface area contributed by atoms with Crippen molar-refractivity contribution in [2.75, 3.05) is 19.5 Å². The van der Waals surface area contributed by atoms with Gasteiger partial charge in [-0.05, 0) is 22.7 Å². The summed E-state index contributed by atoms with van der Waals surface area (Å²) in [6, 6.07) is 9.69. The number of thioether (sulfide) groups is 1. The van der Waals surface area contributed by atoms with E-state index in [1.54, 1.807) is 18.0 Å². The van der Waals surface area contributed by atoms with E-state index in [9.17, 15) is 5.11 Å². The van der Waals surface area contributed by atoms with Crippen LogP contribution in [-0.2, 0) is 11.3 Å². The zero-order chi connectivity index (χ0) is 14.2. The molecule has 0 amide bonds. The molecule has 0 spiro atoms. The number of methoxy groups -OCH3 is 1.